The third-order valence-corrected chi connectivity index (χ3v) is 5.50. The number of hydrogen-bond acceptors (Lipinski definition) is 5. The third kappa shape index (κ3) is 3.78. The fourth-order valence-corrected chi connectivity index (χ4v) is 3.76. The molecule has 1 saturated heterocycles. The van der Waals surface area contributed by atoms with E-state index in [1.165, 1.54) is 19.3 Å². The van der Waals surface area contributed by atoms with E-state index in [2.05, 4.69) is 27.3 Å². The number of carbonyl (C=O) groups is 1. The molecule has 4 atom stereocenters. The Labute approximate surface area is 143 Å². The number of hydrogen-bond donors (Lipinski definition) is 1. The molecule has 7 nitrogen and oxygen atoms in total. The molecule has 1 aromatic heterocycles. The normalized spacial score (nSPS) is 30.0. The molecule has 1 aromatic rings. The van der Waals surface area contributed by atoms with Crippen molar-refractivity contribution in [1.29, 1.82) is 0 Å². The Kier molecular flexibility index (Phi) is 5.50. The van der Waals surface area contributed by atoms with Gasteiger partial charge in [-0.15, -0.1) is 10.2 Å². The second kappa shape index (κ2) is 7.61. The SMILES string of the molecule is C[C@@H]1CCCC[C@@H]1NC(=O)[C@@H](C)N1CCO[C@@H](c2nncn2C)C1. The van der Waals surface area contributed by atoms with Crippen molar-refractivity contribution >= 4 is 5.91 Å². The van der Waals surface area contributed by atoms with Crippen molar-refractivity contribution in [3.05, 3.63) is 12.2 Å². The summed E-state index contributed by atoms with van der Waals surface area (Å²) in [5.74, 6) is 1.52. The topological polar surface area (TPSA) is 72.3 Å². The van der Waals surface area contributed by atoms with E-state index in [9.17, 15) is 4.79 Å². The van der Waals surface area contributed by atoms with Crippen LogP contribution in [0.2, 0.25) is 0 Å². The standard InChI is InChI=1S/C17H29N5O2/c1-12-6-4-5-7-14(12)19-17(23)13(2)22-8-9-24-15(10-22)16-20-18-11-21(16)3/h11-15H,4-10H2,1-3H3,(H,19,23)/t12-,13-,14+,15-/m1/s1. The molecule has 1 aliphatic carbocycles. The van der Waals surface area contributed by atoms with Crippen molar-refractivity contribution in [2.24, 2.45) is 13.0 Å². The predicted octanol–water partition coefficient (Wildman–Crippen LogP) is 1.27. The number of amides is 1. The first-order chi connectivity index (χ1) is 11.6. The van der Waals surface area contributed by atoms with Crippen LogP contribution in [0.1, 0.15) is 51.5 Å². The number of ether oxygens (including phenoxy) is 1. The molecule has 1 amide bonds. The maximum absolute atomic E-state index is 12.7. The smallest absolute Gasteiger partial charge is 0.237 e. The van der Waals surface area contributed by atoms with E-state index in [1.807, 2.05) is 18.5 Å². The maximum Gasteiger partial charge on any atom is 0.237 e. The van der Waals surface area contributed by atoms with Crippen molar-refractivity contribution < 1.29 is 9.53 Å². The predicted molar refractivity (Wildman–Crippen MR) is 90.3 cm³/mol. The monoisotopic (exact) mass is 335 g/mol. The number of morpholine rings is 1. The molecule has 2 fully saturated rings. The van der Waals surface area contributed by atoms with Gasteiger partial charge >= 0.3 is 0 Å². The van der Waals surface area contributed by atoms with Crippen molar-refractivity contribution in [3.8, 4) is 0 Å². The largest absolute Gasteiger partial charge is 0.368 e. The maximum atomic E-state index is 12.7. The molecule has 0 unspecified atom stereocenters. The third-order valence-electron chi connectivity index (χ3n) is 5.50. The summed E-state index contributed by atoms with van der Waals surface area (Å²) in [6, 6.07) is 0.169. The van der Waals surface area contributed by atoms with Crippen molar-refractivity contribution in [3.63, 3.8) is 0 Å². The minimum atomic E-state index is -0.154. The van der Waals surface area contributed by atoms with Gasteiger partial charge in [0.15, 0.2) is 5.82 Å². The molecule has 0 aromatic carbocycles. The molecule has 2 heterocycles. The highest BCUT2D eigenvalue weighted by atomic mass is 16.5. The van der Waals surface area contributed by atoms with Gasteiger partial charge in [0.1, 0.15) is 12.4 Å². The zero-order chi connectivity index (χ0) is 17.1. The van der Waals surface area contributed by atoms with Gasteiger partial charge in [-0.25, -0.2) is 0 Å². The first-order valence-electron chi connectivity index (χ1n) is 9.06. The van der Waals surface area contributed by atoms with Crippen LogP contribution in [0.5, 0.6) is 0 Å². The second-order valence-corrected chi connectivity index (χ2v) is 7.21. The molecule has 1 saturated carbocycles. The number of nitrogens with zero attached hydrogens (tertiary/aromatic N) is 4. The number of carbonyl (C=O) groups excluding carboxylic acids is 1. The Morgan fingerprint density at radius 1 is 1.42 bits per heavy atom. The van der Waals surface area contributed by atoms with E-state index in [4.69, 9.17) is 4.74 Å². The molecule has 0 spiro atoms. The molecule has 24 heavy (non-hydrogen) atoms. The fraction of sp³-hybridized carbons (Fsp3) is 0.824. The van der Waals surface area contributed by atoms with Gasteiger partial charge in [0.05, 0.1) is 12.6 Å². The Balaban J connectivity index is 1.58. The summed E-state index contributed by atoms with van der Waals surface area (Å²) in [5.41, 5.74) is 0. The van der Waals surface area contributed by atoms with Gasteiger partial charge in [-0.05, 0) is 25.7 Å². The van der Waals surface area contributed by atoms with Crippen LogP contribution in [0.4, 0.5) is 0 Å². The van der Waals surface area contributed by atoms with Gasteiger partial charge in [0.2, 0.25) is 5.91 Å². The average Bonchev–Trinajstić information content (AvgIpc) is 3.02. The van der Waals surface area contributed by atoms with Crippen molar-refractivity contribution in [1.82, 2.24) is 25.0 Å². The molecule has 3 rings (SSSR count). The summed E-state index contributed by atoms with van der Waals surface area (Å²) in [4.78, 5) is 14.9. The number of nitrogens with one attached hydrogen (secondary N) is 1. The lowest BCUT2D eigenvalue weighted by Crippen LogP contribution is -2.53. The van der Waals surface area contributed by atoms with Crippen LogP contribution in [0, 0.1) is 5.92 Å². The summed E-state index contributed by atoms with van der Waals surface area (Å²) >= 11 is 0. The first kappa shape index (κ1) is 17.4. The minimum Gasteiger partial charge on any atom is -0.368 e. The van der Waals surface area contributed by atoms with Gasteiger partial charge in [-0.2, -0.15) is 0 Å². The van der Waals surface area contributed by atoms with Crippen LogP contribution < -0.4 is 5.32 Å². The summed E-state index contributed by atoms with van der Waals surface area (Å²) in [5, 5.41) is 11.3. The highest BCUT2D eigenvalue weighted by Gasteiger charge is 2.32. The first-order valence-corrected chi connectivity index (χ1v) is 9.06. The minimum absolute atomic E-state index is 0.130. The molecular weight excluding hydrogens is 306 g/mol. The highest BCUT2D eigenvalue weighted by Crippen LogP contribution is 2.25. The second-order valence-electron chi connectivity index (χ2n) is 7.21. The van der Waals surface area contributed by atoms with E-state index in [0.717, 1.165) is 18.8 Å². The Bertz CT molecular complexity index is 561. The Morgan fingerprint density at radius 3 is 2.92 bits per heavy atom. The highest BCUT2D eigenvalue weighted by molar-refractivity contribution is 5.81. The van der Waals surface area contributed by atoms with Crippen LogP contribution in [0.3, 0.4) is 0 Å². The molecule has 7 heteroatoms. The van der Waals surface area contributed by atoms with Crippen LogP contribution in [0.25, 0.3) is 0 Å². The molecule has 1 N–H and O–H groups in total. The Hall–Kier alpha value is -1.47. The molecular formula is C17H29N5O2. The van der Waals surface area contributed by atoms with Crippen molar-refractivity contribution in [2.45, 2.75) is 57.7 Å². The Morgan fingerprint density at radius 2 is 2.21 bits per heavy atom. The van der Waals surface area contributed by atoms with E-state index in [-0.39, 0.29) is 18.1 Å². The van der Waals surface area contributed by atoms with Crippen LogP contribution in [-0.4, -0.2) is 57.4 Å². The molecule has 0 bridgehead atoms. The van der Waals surface area contributed by atoms with Crippen LogP contribution >= 0.6 is 0 Å². The zero-order valence-electron chi connectivity index (χ0n) is 14.9. The van der Waals surface area contributed by atoms with Gasteiger partial charge in [-0.1, -0.05) is 19.8 Å². The summed E-state index contributed by atoms with van der Waals surface area (Å²) < 4.78 is 7.71. The van der Waals surface area contributed by atoms with Crippen molar-refractivity contribution in [2.75, 3.05) is 19.7 Å². The number of aromatic nitrogens is 3. The van der Waals surface area contributed by atoms with Gasteiger partial charge in [0.25, 0.3) is 0 Å². The fourth-order valence-electron chi connectivity index (χ4n) is 3.76. The molecule has 134 valence electrons. The van der Waals surface area contributed by atoms with E-state index in [0.29, 0.717) is 25.1 Å². The summed E-state index contributed by atoms with van der Waals surface area (Å²) in [7, 11) is 1.91. The van der Waals surface area contributed by atoms with E-state index in [1.54, 1.807) is 6.33 Å². The summed E-state index contributed by atoms with van der Waals surface area (Å²) in [6.45, 7) is 6.27. The number of rotatable bonds is 4. The lowest BCUT2D eigenvalue weighted by Gasteiger charge is -2.37. The van der Waals surface area contributed by atoms with E-state index < -0.39 is 0 Å². The molecule has 1 aliphatic heterocycles. The number of aryl methyl sites for hydroxylation is 1. The average molecular weight is 335 g/mol. The quantitative estimate of drug-likeness (QED) is 0.897. The van der Waals surface area contributed by atoms with Gasteiger partial charge in [0, 0.05) is 26.2 Å². The lowest BCUT2D eigenvalue weighted by atomic mass is 9.86. The van der Waals surface area contributed by atoms with Crippen LogP contribution in [-0.2, 0) is 16.6 Å². The molecule has 0 radical (unpaired) electrons. The van der Waals surface area contributed by atoms with Crippen LogP contribution in [0.15, 0.2) is 6.33 Å². The lowest BCUT2D eigenvalue weighted by molar-refractivity contribution is -0.130. The van der Waals surface area contributed by atoms with Gasteiger partial charge < -0.3 is 14.6 Å². The zero-order valence-corrected chi connectivity index (χ0v) is 14.9. The van der Waals surface area contributed by atoms with Gasteiger partial charge in [-0.3, -0.25) is 9.69 Å². The molecule has 2 aliphatic rings. The van der Waals surface area contributed by atoms with E-state index >= 15 is 0 Å². The summed E-state index contributed by atoms with van der Waals surface area (Å²) in [6.07, 6.45) is 6.37.